The Morgan fingerprint density at radius 2 is 1.94 bits per heavy atom. The zero-order valence-electron chi connectivity index (χ0n) is 11.3. The average Bonchev–Trinajstić information content (AvgIpc) is 2.88. The van der Waals surface area contributed by atoms with E-state index in [9.17, 15) is 0 Å². The zero-order chi connectivity index (χ0) is 13.0. The lowest BCUT2D eigenvalue weighted by Crippen LogP contribution is -2.10. The highest BCUT2D eigenvalue weighted by Crippen LogP contribution is 2.34. The molecule has 0 aliphatic heterocycles. The molecule has 100 valence electrons. The normalized spacial score (nSPS) is 16.2. The molecule has 3 nitrogen and oxygen atoms in total. The van der Waals surface area contributed by atoms with Gasteiger partial charge in [-0.1, -0.05) is 26.2 Å². The third kappa shape index (κ3) is 3.02. The van der Waals surface area contributed by atoms with Gasteiger partial charge in [-0.25, -0.2) is 9.97 Å². The van der Waals surface area contributed by atoms with Gasteiger partial charge < -0.3 is 5.32 Å². The molecule has 1 aliphatic rings. The van der Waals surface area contributed by atoms with Crippen molar-refractivity contribution in [3.8, 4) is 0 Å². The van der Waals surface area contributed by atoms with Gasteiger partial charge in [0.15, 0.2) is 0 Å². The molecule has 0 spiro atoms. The van der Waals surface area contributed by atoms with E-state index in [-0.39, 0.29) is 0 Å². The van der Waals surface area contributed by atoms with Gasteiger partial charge in [0.05, 0.1) is 10.2 Å². The molecule has 1 aliphatic carbocycles. The Labute approximate surface area is 118 Å². The molecule has 0 bridgehead atoms. The highest BCUT2D eigenvalue weighted by atomic mass is 79.9. The van der Waals surface area contributed by atoms with Crippen LogP contribution in [0.2, 0.25) is 0 Å². The summed E-state index contributed by atoms with van der Waals surface area (Å²) in [6, 6.07) is 0. The maximum Gasteiger partial charge on any atom is 0.144 e. The number of anilines is 1. The van der Waals surface area contributed by atoms with Crippen LogP contribution in [0.4, 0.5) is 5.82 Å². The number of hydrogen-bond donors (Lipinski definition) is 1. The first-order valence-electron chi connectivity index (χ1n) is 7.06. The molecule has 1 fully saturated rings. The standard InChI is InChI=1S/C14H22BrN3/c1-3-7-11-12(15)14(16-4-2)18-13(17-11)10-8-5-6-9-10/h10H,3-9H2,1-2H3,(H,16,17,18). The summed E-state index contributed by atoms with van der Waals surface area (Å²) < 4.78 is 1.05. The molecule has 1 N–H and O–H groups in total. The van der Waals surface area contributed by atoms with E-state index in [0.29, 0.717) is 5.92 Å². The Morgan fingerprint density at radius 1 is 1.22 bits per heavy atom. The second kappa shape index (κ2) is 6.50. The van der Waals surface area contributed by atoms with E-state index in [1.807, 2.05) is 0 Å². The summed E-state index contributed by atoms with van der Waals surface area (Å²) in [5.41, 5.74) is 1.16. The fourth-order valence-electron chi connectivity index (χ4n) is 2.57. The number of halogens is 1. The maximum absolute atomic E-state index is 4.79. The molecule has 0 radical (unpaired) electrons. The first kappa shape index (κ1) is 13.8. The maximum atomic E-state index is 4.79. The average molecular weight is 312 g/mol. The molecule has 0 atom stereocenters. The summed E-state index contributed by atoms with van der Waals surface area (Å²) >= 11 is 3.64. The Balaban J connectivity index is 2.33. The second-order valence-electron chi connectivity index (χ2n) is 4.95. The van der Waals surface area contributed by atoms with Crippen LogP contribution in [0.25, 0.3) is 0 Å². The summed E-state index contributed by atoms with van der Waals surface area (Å²) in [6.07, 6.45) is 7.28. The van der Waals surface area contributed by atoms with Crippen molar-refractivity contribution >= 4 is 21.7 Å². The molecular weight excluding hydrogens is 290 g/mol. The minimum atomic E-state index is 0.575. The van der Waals surface area contributed by atoms with Crippen LogP contribution < -0.4 is 5.32 Å². The monoisotopic (exact) mass is 311 g/mol. The zero-order valence-corrected chi connectivity index (χ0v) is 12.9. The number of rotatable bonds is 5. The van der Waals surface area contributed by atoms with Crippen LogP contribution in [0, 0.1) is 0 Å². The lowest BCUT2D eigenvalue weighted by molar-refractivity contribution is 0.657. The van der Waals surface area contributed by atoms with Gasteiger partial charge in [-0.05, 0) is 42.1 Å². The lowest BCUT2D eigenvalue weighted by Gasteiger charge is -2.14. The van der Waals surface area contributed by atoms with Crippen molar-refractivity contribution in [2.24, 2.45) is 0 Å². The second-order valence-corrected chi connectivity index (χ2v) is 5.75. The first-order valence-corrected chi connectivity index (χ1v) is 7.85. The van der Waals surface area contributed by atoms with E-state index in [1.54, 1.807) is 0 Å². The number of hydrogen-bond acceptors (Lipinski definition) is 3. The smallest absolute Gasteiger partial charge is 0.144 e. The largest absolute Gasteiger partial charge is 0.369 e. The molecule has 18 heavy (non-hydrogen) atoms. The van der Waals surface area contributed by atoms with Gasteiger partial charge in [0, 0.05) is 12.5 Å². The molecule has 1 aromatic rings. The first-order chi connectivity index (χ1) is 8.76. The molecular formula is C14H22BrN3. The summed E-state index contributed by atoms with van der Waals surface area (Å²) in [4.78, 5) is 9.51. The SMILES string of the molecule is CCCc1nc(C2CCCC2)nc(NCC)c1Br. The summed E-state index contributed by atoms with van der Waals surface area (Å²) in [7, 11) is 0. The molecule has 0 saturated heterocycles. The van der Waals surface area contributed by atoms with Gasteiger partial charge in [-0.2, -0.15) is 0 Å². The van der Waals surface area contributed by atoms with Crippen molar-refractivity contribution in [1.82, 2.24) is 9.97 Å². The Bertz CT molecular complexity index is 373. The third-order valence-corrected chi connectivity index (χ3v) is 4.32. The van der Waals surface area contributed by atoms with Crippen molar-refractivity contribution in [3.63, 3.8) is 0 Å². The third-order valence-electron chi connectivity index (χ3n) is 3.49. The number of nitrogens with zero attached hydrogens (tertiary/aromatic N) is 2. The van der Waals surface area contributed by atoms with Crippen molar-refractivity contribution in [3.05, 3.63) is 16.0 Å². The molecule has 0 amide bonds. The summed E-state index contributed by atoms with van der Waals surface area (Å²) in [6.45, 7) is 5.19. The Kier molecular flexibility index (Phi) is 4.98. The van der Waals surface area contributed by atoms with E-state index in [2.05, 4.69) is 35.1 Å². The molecule has 0 unspecified atom stereocenters. The van der Waals surface area contributed by atoms with E-state index in [1.165, 1.54) is 25.7 Å². The fraction of sp³-hybridized carbons (Fsp3) is 0.714. The predicted molar refractivity (Wildman–Crippen MR) is 79.1 cm³/mol. The van der Waals surface area contributed by atoms with E-state index < -0.39 is 0 Å². The topological polar surface area (TPSA) is 37.8 Å². The minimum Gasteiger partial charge on any atom is -0.369 e. The Hall–Kier alpha value is -0.640. The van der Waals surface area contributed by atoms with Gasteiger partial charge >= 0.3 is 0 Å². The summed E-state index contributed by atoms with van der Waals surface area (Å²) in [5, 5.41) is 3.34. The van der Waals surface area contributed by atoms with Crippen molar-refractivity contribution in [2.45, 2.75) is 58.3 Å². The molecule has 1 aromatic heterocycles. The van der Waals surface area contributed by atoms with Crippen LogP contribution in [-0.4, -0.2) is 16.5 Å². The quantitative estimate of drug-likeness (QED) is 0.882. The van der Waals surface area contributed by atoms with Gasteiger partial charge in [0.1, 0.15) is 11.6 Å². The number of aryl methyl sites for hydroxylation is 1. The molecule has 4 heteroatoms. The van der Waals surface area contributed by atoms with Crippen molar-refractivity contribution < 1.29 is 0 Å². The molecule has 2 rings (SSSR count). The highest BCUT2D eigenvalue weighted by Gasteiger charge is 2.22. The van der Waals surface area contributed by atoms with Crippen LogP contribution in [0.15, 0.2) is 4.47 Å². The fourth-order valence-corrected chi connectivity index (χ4v) is 3.08. The lowest BCUT2D eigenvalue weighted by atomic mass is 10.1. The molecule has 0 aromatic carbocycles. The van der Waals surface area contributed by atoms with Gasteiger partial charge in [-0.15, -0.1) is 0 Å². The summed E-state index contributed by atoms with van der Waals surface area (Å²) in [5.74, 6) is 2.60. The van der Waals surface area contributed by atoms with E-state index in [4.69, 9.17) is 9.97 Å². The van der Waals surface area contributed by atoms with Crippen LogP contribution >= 0.6 is 15.9 Å². The van der Waals surface area contributed by atoms with Crippen molar-refractivity contribution in [2.75, 3.05) is 11.9 Å². The van der Waals surface area contributed by atoms with Gasteiger partial charge in [0.2, 0.25) is 0 Å². The number of aromatic nitrogens is 2. The van der Waals surface area contributed by atoms with Crippen molar-refractivity contribution in [1.29, 1.82) is 0 Å². The number of nitrogens with one attached hydrogen (secondary N) is 1. The molecule has 1 heterocycles. The molecule has 1 saturated carbocycles. The van der Waals surface area contributed by atoms with Crippen LogP contribution in [0.1, 0.15) is 63.4 Å². The minimum absolute atomic E-state index is 0.575. The van der Waals surface area contributed by atoms with Gasteiger partial charge in [0.25, 0.3) is 0 Å². The predicted octanol–water partition coefficient (Wildman–Crippen LogP) is 4.28. The highest BCUT2D eigenvalue weighted by molar-refractivity contribution is 9.10. The van der Waals surface area contributed by atoms with Gasteiger partial charge in [-0.3, -0.25) is 0 Å². The van der Waals surface area contributed by atoms with Crippen LogP contribution in [0.3, 0.4) is 0 Å². The van der Waals surface area contributed by atoms with E-state index >= 15 is 0 Å². The van der Waals surface area contributed by atoms with Crippen LogP contribution in [-0.2, 0) is 6.42 Å². The van der Waals surface area contributed by atoms with Crippen LogP contribution in [0.5, 0.6) is 0 Å². The Morgan fingerprint density at radius 3 is 2.56 bits per heavy atom. The van der Waals surface area contributed by atoms with E-state index in [0.717, 1.165) is 41.2 Å².